The van der Waals surface area contributed by atoms with Crippen LogP contribution in [0.3, 0.4) is 0 Å². The third-order valence-electron chi connectivity index (χ3n) is 1.19. The van der Waals surface area contributed by atoms with Crippen molar-refractivity contribution in [3.8, 4) is 6.07 Å². The number of thioether (sulfide) groups is 2. The fourth-order valence-corrected chi connectivity index (χ4v) is 1.98. The highest BCUT2D eigenvalue weighted by Gasteiger charge is 1.95. The molecule has 0 saturated heterocycles. The van der Waals surface area contributed by atoms with Crippen molar-refractivity contribution in [2.45, 2.75) is 5.03 Å². The number of nitriles is 1. The summed E-state index contributed by atoms with van der Waals surface area (Å²) in [5.74, 6) is 0. The van der Waals surface area contributed by atoms with E-state index in [1.54, 1.807) is 41.9 Å². The van der Waals surface area contributed by atoms with Crippen LogP contribution in [0.1, 0.15) is 5.56 Å². The van der Waals surface area contributed by atoms with Crippen LogP contribution >= 0.6 is 23.5 Å². The van der Waals surface area contributed by atoms with Crippen molar-refractivity contribution >= 4 is 23.5 Å². The second-order valence-corrected chi connectivity index (χ2v) is 4.27. The molecule has 1 heterocycles. The van der Waals surface area contributed by atoms with Gasteiger partial charge in [0.1, 0.15) is 0 Å². The average molecular weight is 196 g/mol. The number of hydrogen-bond acceptors (Lipinski definition) is 4. The van der Waals surface area contributed by atoms with E-state index in [2.05, 4.69) is 11.1 Å². The topological polar surface area (TPSA) is 36.7 Å². The van der Waals surface area contributed by atoms with Crippen molar-refractivity contribution in [1.82, 2.24) is 4.98 Å². The summed E-state index contributed by atoms with van der Waals surface area (Å²) in [5.41, 5.74) is 0.675. The normalized spacial score (nSPS) is 9.33. The zero-order chi connectivity index (χ0) is 8.81. The standard InChI is InChI=1S/C8H8N2S2/c1-11-6-12-8-4-7(5-9)2-3-10-8/h2-4H,6H2,1H3. The average Bonchev–Trinajstić information content (AvgIpc) is 2.15. The Kier molecular flexibility index (Phi) is 3.98. The van der Waals surface area contributed by atoms with Gasteiger partial charge < -0.3 is 0 Å². The molecule has 0 amide bonds. The minimum absolute atomic E-state index is 0.675. The Morgan fingerprint density at radius 3 is 3.17 bits per heavy atom. The van der Waals surface area contributed by atoms with E-state index in [4.69, 9.17) is 5.26 Å². The maximum atomic E-state index is 8.60. The fourth-order valence-electron chi connectivity index (χ4n) is 0.677. The molecule has 1 rings (SSSR count). The van der Waals surface area contributed by atoms with Gasteiger partial charge in [-0.25, -0.2) is 4.98 Å². The predicted molar refractivity (Wildman–Crippen MR) is 53.2 cm³/mol. The first-order chi connectivity index (χ1) is 5.86. The number of pyridine rings is 1. The Morgan fingerprint density at radius 2 is 2.50 bits per heavy atom. The Labute approximate surface area is 80.4 Å². The molecule has 0 radical (unpaired) electrons. The largest absolute Gasteiger partial charge is 0.250 e. The zero-order valence-corrected chi connectivity index (χ0v) is 8.28. The minimum Gasteiger partial charge on any atom is -0.250 e. The first-order valence-corrected chi connectivity index (χ1v) is 5.72. The molecule has 0 unspecified atom stereocenters. The number of aromatic nitrogens is 1. The highest BCUT2D eigenvalue weighted by atomic mass is 32.2. The molecule has 0 aromatic carbocycles. The Hall–Kier alpha value is -0.660. The molecule has 0 N–H and O–H groups in total. The van der Waals surface area contributed by atoms with Gasteiger partial charge in [-0.1, -0.05) is 11.8 Å². The maximum absolute atomic E-state index is 8.60. The Bertz CT molecular complexity index is 293. The van der Waals surface area contributed by atoms with Gasteiger partial charge in [-0.15, -0.1) is 0 Å². The first kappa shape index (κ1) is 9.43. The van der Waals surface area contributed by atoms with E-state index in [9.17, 15) is 0 Å². The second-order valence-electron chi connectivity index (χ2n) is 2.05. The number of nitrogens with zero attached hydrogens (tertiary/aromatic N) is 2. The van der Waals surface area contributed by atoms with Crippen LogP contribution < -0.4 is 0 Å². The van der Waals surface area contributed by atoms with E-state index in [1.165, 1.54) is 0 Å². The molecule has 1 aromatic rings. The van der Waals surface area contributed by atoms with Gasteiger partial charge >= 0.3 is 0 Å². The van der Waals surface area contributed by atoms with Crippen LogP contribution in [-0.4, -0.2) is 16.3 Å². The Morgan fingerprint density at radius 1 is 1.67 bits per heavy atom. The molecule has 0 atom stereocenters. The molecule has 12 heavy (non-hydrogen) atoms. The summed E-state index contributed by atoms with van der Waals surface area (Å²) >= 11 is 3.40. The summed E-state index contributed by atoms with van der Waals surface area (Å²) in [5, 5.41) is 10.5. The van der Waals surface area contributed by atoms with Crippen molar-refractivity contribution in [2.24, 2.45) is 0 Å². The third-order valence-corrected chi connectivity index (χ3v) is 3.12. The lowest BCUT2D eigenvalue weighted by atomic mass is 10.3. The zero-order valence-electron chi connectivity index (χ0n) is 6.65. The molecular formula is C8H8N2S2. The molecule has 62 valence electrons. The maximum Gasteiger partial charge on any atom is 0.0993 e. The van der Waals surface area contributed by atoms with Gasteiger partial charge in [-0.2, -0.15) is 17.0 Å². The fraction of sp³-hybridized carbons (Fsp3) is 0.250. The van der Waals surface area contributed by atoms with Gasteiger partial charge in [-0.05, 0) is 18.4 Å². The second kappa shape index (κ2) is 5.07. The van der Waals surface area contributed by atoms with Gasteiger partial charge in [0, 0.05) is 11.3 Å². The van der Waals surface area contributed by atoms with E-state index in [-0.39, 0.29) is 0 Å². The molecule has 0 aliphatic carbocycles. The van der Waals surface area contributed by atoms with Gasteiger partial charge in [0.15, 0.2) is 0 Å². The lowest BCUT2D eigenvalue weighted by Gasteiger charge is -1.97. The van der Waals surface area contributed by atoms with Gasteiger partial charge in [0.25, 0.3) is 0 Å². The van der Waals surface area contributed by atoms with Crippen LogP contribution in [0.4, 0.5) is 0 Å². The predicted octanol–water partition coefficient (Wildman–Crippen LogP) is 2.37. The van der Waals surface area contributed by atoms with Crippen LogP contribution in [0.25, 0.3) is 0 Å². The van der Waals surface area contributed by atoms with Gasteiger partial charge in [0.05, 0.1) is 16.7 Å². The van der Waals surface area contributed by atoms with E-state index in [0.717, 1.165) is 10.1 Å². The molecule has 0 bridgehead atoms. The summed E-state index contributed by atoms with van der Waals surface area (Å²) in [7, 11) is 0. The summed E-state index contributed by atoms with van der Waals surface area (Å²) in [6, 6.07) is 5.60. The van der Waals surface area contributed by atoms with Crippen molar-refractivity contribution in [3.05, 3.63) is 23.9 Å². The Balaban J connectivity index is 2.68. The molecule has 4 heteroatoms. The molecule has 0 spiro atoms. The lowest BCUT2D eigenvalue weighted by molar-refractivity contribution is 1.13. The SMILES string of the molecule is CSCSc1cc(C#N)ccn1. The molecule has 0 fully saturated rings. The number of hydrogen-bond donors (Lipinski definition) is 0. The molecule has 0 aliphatic rings. The van der Waals surface area contributed by atoms with Crippen LogP contribution in [0, 0.1) is 11.3 Å². The van der Waals surface area contributed by atoms with Crippen LogP contribution in [-0.2, 0) is 0 Å². The summed E-state index contributed by atoms with van der Waals surface area (Å²) in [6.07, 6.45) is 3.71. The number of rotatable bonds is 3. The van der Waals surface area contributed by atoms with Crippen LogP contribution in [0.5, 0.6) is 0 Å². The highest BCUT2D eigenvalue weighted by molar-refractivity contribution is 8.15. The minimum atomic E-state index is 0.675. The van der Waals surface area contributed by atoms with E-state index in [1.807, 2.05) is 6.26 Å². The van der Waals surface area contributed by atoms with Crippen molar-refractivity contribution in [2.75, 3.05) is 11.3 Å². The van der Waals surface area contributed by atoms with E-state index in [0.29, 0.717) is 5.56 Å². The summed E-state index contributed by atoms with van der Waals surface area (Å²) in [4.78, 5) is 4.12. The highest BCUT2D eigenvalue weighted by Crippen LogP contribution is 2.19. The van der Waals surface area contributed by atoms with E-state index < -0.39 is 0 Å². The molecule has 2 nitrogen and oxygen atoms in total. The molecule has 1 aromatic heterocycles. The molecule has 0 aliphatic heterocycles. The summed E-state index contributed by atoms with van der Waals surface area (Å²) in [6.45, 7) is 0. The van der Waals surface area contributed by atoms with Crippen molar-refractivity contribution in [3.63, 3.8) is 0 Å². The smallest absolute Gasteiger partial charge is 0.0993 e. The monoisotopic (exact) mass is 196 g/mol. The van der Waals surface area contributed by atoms with Crippen molar-refractivity contribution < 1.29 is 0 Å². The first-order valence-electron chi connectivity index (χ1n) is 3.34. The van der Waals surface area contributed by atoms with Crippen LogP contribution in [0.2, 0.25) is 0 Å². The van der Waals surface area contributed by atoms with Crippen molar-refractivity contribution in [1.29, 1.82) is 5.26 Å². The summed E-state index contributed by atoms with van der Waals surface area (Å²) < 4.78 is 0. The molecular weight excluding hydrogens is 188 g/mol. The lowest BCUT2D eigenvalue weighted by Crippen LogP contribution is -1.81. The molecule has 0 saturated carbocycles. The van der Waals surface area contributed by atoms with Gasteiger partial charge in [-0.3, -0.25) is 0 Å². The quantitative estimate of drug-likeness (QED) is 0.549. The van der Waals surface area contributed by atoms with Gasteiger partial charge in [0.2, 0.25) is 0 Å². The third kappa shape index (κ3) is 2.76. The van der Waals surface area contributed by atoms with E-state index >= 15 is 0 Å². The van der Waals surface area contributed by atoms with Crippen LogP contribution in [0.15, 0.2) is 23.4 Å².